The van der Waals surface area contributed by atoms with E-state index in [0.29, 0.717) is 5.70 Å². The molecule has 3 rings (SSSR count). The number of ether oxygens (including phenoxy) is 1. The van der Waals surface area contributed by atoms with E-state index >= 15 is 0 Å². The van der Waals surface area contributed by atoms with Crippen LogP contribution in [0, 0.1) is 11.8 Å². The number of rotatable bonds is 6. The van der Waals surface area contributed by atoms with Crippen LogP contribution in [0.1, 0.15) is 19.8 Å². The molecule has 0 unspecified atom stereocenters. The average molecular weight is 362 g/mol. The van der Waals surface area contributed by atoms with E-state index in [1.807, 2.05) is 13.0 Å². The van der Waals surface area contributed by atoms with Crippen molar-refractivity contribution in [1.82, 2.24) is 4.90 Å². The summed E-state index contributed by atoms with van der Waals surface area (Å²) in [7, 11) is -1.74. The summed E-state index contributed by atoms with van der Waals surface area (Å²) in [4.78, 5) is 27.1. The van der Waals surface area contributed by atoms with Gasteiger partial charge in [0.1, 0.15) is 12.3 Å². The molecule has 3 aliphatic rings. The summed E-state index contributed by atoms with van der Waals surface area (Å²) in [6.45, 7) is 12.1. The molecule has 0 saturated carbocycles. The van der Waals surface area contributed by atoms with Crippen molar-refractivity contribution in [2.75, 3.05) is 6.61 Å². The van der Waals surface area contributed by atoms with Gasteiger partial charge in [0, 0.05) is 5.92 Å². The van der Waals surface area contributed by atoms with E-state index in [-0.39, 0.29) is 36.5 Å². The van der Waals surface area contributed by atoms with Gasteiger partial charge in [0.25, 0.3) is 0 Å². The predicted molar refractivity (Wildman–Crippen MR) is 98.1 cm³/mol. The molecule has 0 aromatic carbocycles. The number of hydrogen-bond donors (Lipinski definition) is 0. The molecule has 0 radical (unpaired) electrons. The van der Waals surface area contributed by atoms with Crippen molar-refractivity contribution in [3.05, 3.63) is 36.1 Å². The van der Waals surface area contributed by atoms with Crippen molar-refractivity contribution in [1.29, 1.82) is 0 Å². The van der Waals surface area contributed by atoms with Crippen LogP contribution < -0.4 is 0 Å². The average Bonchev–Trinajstić information content (AvgIpc) is 2.82. The minimum Gasteiger partial charge on any atom is -0.457 e. The highest BCUT2D eigenvalue weighted by molar-refractivity contribution is 6.69. The normalized spacial score (nSPS) is 29.0. The number of β-lactam (4-membered cyclic amide) rings is 1. The van der Waals surface area contributed by atoms with Crippen molar-refractivity contribution in [2.24, 2.45) is 11.8 Å². The van der Waals surface area contributed by atoms with Gasteiger partial charge in [-0.2, -0.15) is 0 Å². The van der Waals surface area contributed by atoms with Crippen molar-refractivity contribution in [2.45, 2.75) is 51.6 Å². The zero-order valence-corrected chi connectivity index (χ0v) is 16.5. The molecule has 2 aliphatic heterocycles. The molecule has 1 amide bonds. The molecule has 1 saturated heterocycles. The van der Waals surface area contributed by atoms with Crippen LogP contribution >= 0.6 is 0 Å². The Kier molecular flexibility index (Phi) is 4.77. The van der Waals surface area contributed by atoms with E-state index in [1.165, 1.54) is 6.08 Å². The monoisotopic (exact) mass is 361 g/mol. The number of carbonyl (C=O) groups is 2. The largest absolute Gasteiger partial charge is 0.457 e. The van der Waals surface area contributed by atoms with E-state index in [0.717, 1.165) is 18.4 Å². The van der Waals surface area contributed by atoms with E-state index < -0.39 is 14.3 Å². The van der Waals surface area contributed by atoms with Gasteiger partial charge in [-0.05, 0) is 45.0 Å². The van der Waals surface area contributed by atoms with Gasteiger partial charge in [0.2, 0.25) is 5.91 Å². The lowest BCUT2D eigenvalue weighted by Crippen LogP contribution is -2.65. The second-order valence-corrected chi connectivity index (χ2v) is 12.4. The third-order valence-electron chi connectivity index (χ3n) is 5.03. The quantitative estimate of drug-likeness (QED) is 0.316. The Morgan fingerprint density at radius 3 is 2.84 bits per heavy atom. The first kappa shape index (κ1) is 18.1. The summed E-state index contributed by atoms with van der Waals surface area (Å²) in [5.74, 6) is -0.425. The number of fused-ring (bicyclic) bond motifs is 3. The summed E-state index contributed by atoms with van der Waals surface area (Å²) < 4.78 is 11.4. The number of allylic oxidation sites excluding steroid dienone is 2. The van der Waals surface area contributed by atoms with Crippen LogP contribution in [0.15, 0.2) is 36.1 Å². The Labute approximate surface area is 150 Å². The standard InChI is InChI=1S/C19H27NO4Si/c1-6-11-23-19(22)17-14-10-8-7-9-13(14)16-15(18(21)20(16)17)12(2)24-25(3,4)5/h6,8,10,12-13,15-16H,1,7,9,11H2,2-5H3/t12-,13-,15-,16-/m1/s1. The lowest BCUT2D eigenvalue weighted by atomic mass is 9.74. The van der Waals surface area contributed by atoms with E-state index in [4.69, 9.17) is 9.16 Å². The topological polar surface area (TPSA) is 55.8 Å². The van der Waals surface area contributed by atoms with E-state index in [2.05, 4.69) is 32.3 Å². The summed E-state index contributed by atoms with van der Waals surface area (Å²) >= 11 is 0. The van der Waals surface area contributed by atoms with Gasteiger partial charge in [0.15, 0.2) is 8.32 Å². The highest BCUT2D eigenvalue weighted by Gasteiger charge is 2.61. The van der Waals surface area contributed by atoms with Gasteiger partial charge in [-0.25, -0.2) is 4.79 Å². The molecule has 136 valence electrons. The molecule has 1 aliphatic carbocycles. The first-order chi connectivity index (χ1) is 11.8. The Hall–Kier alpha value is -1.66. The minimum atomic E-state index is -1.74. The van der Waals surface area contributed by atoms with Crippen LogP contribution in [0.25, 0.3) is 0 Å². The van der Waals surface area contributed by atoms with Gasteiger partial charge in [-0.3, -0.25) is 4.79 Å². The molecule has 0 bridgehead atoms. The second-order valence-electron chi connectivity index (χ2n) is 7.94. The highest BCUT2D eigenvalue weighted by Crippen LogP contribution is 2.51. The fourth-order valence-corrected chi connectivity index (χ4v) is 5.53. The Morgan fingerprint density at radius 1 is 1.48 bits per heavy atom. The molecule has 4 atom stereocenters. The first-order valence-corrected chi connectivity index (χ1v) is 12.4. The van der Waals surface area contributed by atoms with Crippen molar-refractivity contribution >= 4 is 20.2 Å². The van der Waals surface area contributed by atoms with Gasteiger partial charge in [-0.15, -0.1) is 0 Å². The Balaban J connectivity index is 1.87. The zero-order valence-electron chi connectivity index (χ0n) is 15.5. The van der Waals surface area contributed by atoms with Gasteiger partial charge < -0.3 is 14.1 Å². The van der Waals surface area contributed by atoms with Crippen LogP contribution in [0.2, 0.25) is 19.6 Å². The maximum absolute atomic E-state index is 12.9. The van der Waals surface area contributed by atoms with Crippen LogP contribution in [-0.4, -0.2) is 43.8 Å². The number of carbonyl (C=O) groups excluding carboxylic acids is 2. The molecular formula is C19H27NO4Si. The molecule has 2 heterocycles. The molecule has 1 fully saturated rings. The molecular weight excluding hydrogens is 334 g/mol. The maximum atomic E-state index is 12.9. The van der Waals surface area contributed by atoms with Crippen molar-refractivity contribution < 1.29 is 18.8 Å². The van der Waals surface area contributed by atoms with Crippen molar-refractivity contribution in [3.8, 4) is 0 Å². The smallest absolute Gasteiger partial charge is 0.355 e. The summed E-state index contributed by atoms with van der Waals surface area (Å²) in [5, 5.41) is 0. The van der Waals surface area contributed by atoms with Crippen LogP contribution in [0.3, 0.4) is 0 Å². The number of hydrogen-bond acceptors (Lipinski definition) is 4. The number of esters is 1. The summed E-state index contributed by atoms with van der Waals surface area (Å²) in [6, 6.07) is 0.0186. The van der Waals surface area contributed by atoms with Gasteiger partial charge >= 0.3 is 5.97 Å². The number of amides is 1. The Morgan fingerprint density at radius 2 is 2.20 bits per heavy atom. The second kappa shape index (κ2) is 6.57. The van der Waals surface area contributed by atoms with Crippen LogP contribution in [0.5, 0.6) is 0 Å². The van der Waals surface area contributed by atoms with Gasteiger partial charge in [-0.1, -0.05) is 24.8 Å². The minimum absolute atomic E-state index is 0.0170. The van der Waals surface area contributed by atoms with Gasteiger partial charge in [0.05, 0.1) is 18.1 Å². The number of nitrogens with zero attached hydrogens (tertiary/aromatic N) is 1. The molecule has 0 N–H and O–H groups in total. The van der Waals surface area contributed by atoms with Crippen LogP contribution in [-0.2, 0) is 18.8 Å². The molecule has 0 aromatic heterocycles. The maximum Gasteiger partial charge on any atom is 0.355 e. The molecule has 6 heteroatoms. The molecule has 0 spiro atoms. The third-order valence-corrected chi connectivity index (χ3v) is 6.11. The predicted octanol–water partition coefficient (Wildman–Crippen LogP) is 3.02. The SMILES string of the molecule is C=CCOC(=O)C1=C2C=CCC[C@H]2[C@@H]2[C@@H]([C@@H](C)O[Si](C)(C)C)C(=O)N12. The van der Waals surface area contributed by atoms with E-state index in [9.17, 15) is 9.59 Å². The Bertz CT molecular complexity index is 661. The highest BCUT2D eigenvalue weighted by atomic mass is 28.4. The summed E-state index contributed by atoms with van der Waals surface area (Å²) in [5.41, 5.74) is 1.37. The lowest BCUT2D eigenvalue weighted by Gasteiger charge is -2.49. The summed E-state index contributed by atoms with van der Waals surface area (Å²) in [6.07, 6.45) is 7.39. The first-order valence-electron chi connectivity index (χ1n) is 8.96. The molecule has 5 nitrogen and oxygen atoms in total. The fourth-order valence-electron chi connectivity index (χ4n) is 4.26. The molecule has 0 aromatic rings. The fraction of sp³-hybridized carbons (Fsp3) is 0.579. The zero-order chi connectivity index (χ0) is 18.4. The third kappa shape index (κ3) is 3.13. The molecule has 25 heavy (non-hydrogen) atoms. The van der Waals surface area contributed by atoms with E-state index in [1.54, 1.807) is 4.90 Å². The lowest BCUT2D eigenvalue weighted by molar-refractivity contribution is -0.163. The van der Waals surface area contributed by atoms with Crippen molar-refractivity contribution in [3.63, 3.8) is 0 Å². The van der Waals surface area contributed by atoms with Crippen LogP contribution in [0.4, 0.5) is 0 Å².